The Bertz CT molecular complexity index is 854. The summed E-state index contributed by atoms with van der Waals surface area (Å²) in [4.78, 5) is 11.1. The molecule has 0 aliphatic heterocycles. The highest BCUT2D eigenvalue weighted by Gasteiger charge is 2.16. The second-order valence-corrected chi connectivity index (χ2v) is 5.48. The maximum absolute atomic E-state index is 11.5. The third-order valence-corrected chi connectivity index (χ3v) is 3.80. The number of rotatable bonds is 3. The number of nitro benzene ring substituents is 1. The summed E-state index contributed by atoms with van der Waals surface area (Å²) >= 11 is 0. The van der Waals surface area contributed by atoms with Crippen molar-refractivity contribution in [1.82, 2.24) is 0 Å². The first kappa shape index (κ1) is 14.8. The highest BCUT2D eigenvalue weighted by Crippen LogP contribution is 2.34. The molecule has 0 amide bonds. The van der Waals surface area contributed by atoms with E-state index in [1.54, 1.807) is 36.4 Å². The number of hydrogen-bond donors (Lipinski definition) is 1. The molecule has 0 bridgehead atoms. The molecule has 0 radical (unpaired) electrons. The van der Waals surface area contributed by atoms with Gasteiger partial charge in [-0.15, -0.1) is 0 Å². The van der Waals surface area contributed by atoms with E-state index in [4.69, 9.17) is 5.73 Å². The van der Waals surface area contributed by atoms with Gasteiger partial charge in [0.25, 0.3) is 5.69 Å². The molecule has 0 spiro atoms. The Hall–Kier alpha value is -3.14. The normalized spacial score (nSPS) is 10.5. The Labute approximate surface area is 134 Å². The summed E-state index contributed by atoms with van der Waals surface area (Å²) in [6, 6.07) is 20.3. The molecule has 0 aromatic heterocycles. The summed E-state index contributed by atoms with van der Waals surface area (Å²) in [5.41, 5.74) is 10.7. The molecule has 114 valence electrons. The quantitative estimate of drug-likeness (QED) is 0.428. The standard InChI is InChI=1S/C19H16N2O2/c1-13-2-4-14(5-3-13)16-8-11-18(19(12-16)21(22)23)15-6-9-17(20)10-7-15/h2-12H,20H2,1H3. The molecule has 0 saturated heterocycles. The minimum absolute atomic E-state index is 0.0906. The second-order valence-electron chi connectivity index (χ2n) is 5.48. The van der Waals surface area contributed by atoms with E-state index in [-0.39, 0.29) is 10.6 Å². The van der Waals surface area contributed by atoms with Crippen LogP contribution in [-0.4, -0.2) is 4.92 Å². The molecule has 3 aromatic rings. The Morgan fingerprint density at radius 2 is 1.39 bits per heavy atom. The predicted molar refractivity (Wildman–Crippen MR) is 93.1 cm³/mol. The van der Waals surface area contributed by atoms with E-state index in [9.17, 15) is 10.1 Å². The Morgan fingerprint density at radius 1 is 0.826 bits per heavy atom. The number of nitro groups is 1. The van der Waals surface area contributed by atoms with Gasteiger partial charge in [0.05, 0.1) is 10.5 Å². The van der Waals surface area contributed by atoms with E-state index in [1.165, 1.54) is 0 Å². The topological polar surface area (TPSA) is 69.2 Å². The van der Waals surface area contributed by atoms with Crippen LogP contribution in [0, 0.1) is 17.0 Å². The van der Waals surface area contributed by atoms with Gasteiger partial charge in [0.2, 0.25) is 0 Å². The lowest BCUT2D eigenvalue weighted by Gasteiger charge is -2.07. The summed E-state index contributed by atoms with van der Waals surface area (Å²) in [6.45, 7) is 2.01. The lowest BCUT2D eigenvalue weighted by atomic mass is 9.98. The molecule has 0 atom stereocenters. The SMILES string of the molecule is Cc1ccc(-c2ccc(-c3ccc(N)cc3)c([N+](=O)[O-])c2)cc1. The highest BCUT2D eigenvalue weighted by atomic mass is 16.6. The third kappa shape index (κ3) is 3.06. The van der Waals surface area contributed by atoms with Gasteiger partial charge in [-0.25, -0.2) is 0 Å². The van der Waals surface area contributed by atoms with Crippen LogP contribution in [0.3, 0.4) is 0 Å². The molecule has 3 rings (SSSR count). The fraction of sp³-hybridized carbons (Fsp3) is 0.0526. The van der Waals surface area contributed by atoms with Gasteiger partial charge >= 0.3 is 0 Å². The van der Waals surface area contributed by atoms with E-state index in [2.05, 4.69) is 0 Å². The van der Waals surface area contributed by atoms with Gasteiger partial charge in [-0.05, 0) is 41.8 Å². The molecule has 3 aromatic carbocycles. The zero-order valence-electron chi connectivity index (χ0n) is 12.7. The van der Waals surface area contributed by atoms with E-state index in [0.717, 1.165) is 22.3 Å². The van der Waals surface area contributed by atoms with Crippen molar-refractivity contribution < 1.29 is 4.92 Å². The van der Waals surface area contributed by atoms with Crippen molar-refractivity contribution in [3.8, 4) is 22.3 Å². The summed E-state index contributed by atoms with van der Waals surface area (Å²) in [6.07, 6.45) is 0. The minimum Gasteiger partial charge on any atom is -0.399 e. The maximum Gasteiger partial charge on any atom is 0.277 e. The number of hydrogen-bond acceptors (Lipinski definition) is 3. The van der Waals surface area contributed by atoms with Gasteiger partial charge in [-0.1, -0.05) is 48.0 Å². The minimum atomic E-state index is -0.344. The lowest BCUT2D eigenvalue weighted by molar-refractivity contribution is -0.384. The number of nitrogens with two attached hydrogens (primary N) is 1. The summed E-state index contributed by atoms with van der Waals surface area (Å²) in [5.74, 6) is 0. The molecule has 23 heavy (non-hydrogen) atoms. The summed E-state index contributed by atoms with van der Waals surface area (Å²) < 4.78 is 0. The third-order valence-electron chi connectivity index (χ3n) is 3.80. The monoisotopic (exact) mass is 304 g/mol. The first-order valence-corrected chi connectivity index (χ1v) is 7.26. The molecule has 0 aliphatic carbocycles. The molecule has 0 unspecified atom stereocenters. The smallest absolute Gasteiger partial charge is 0.277 e. The fourth-order valence-electron chi connectivity index (χ4n) is 2.52. The van der Waals surface area contributed by atoms with E-state index in [1.807, 2.05) is 37.3 Å². The predicted octanol–water partition coefficient (Wildman–Crippen LogP) is 4.82. The van der Waals surface area contributed by atoms with Gasteiger partial charge in [0.15, 0.2) is 0 Å². The molecule has 4 nitrogen and oxygen atoms in total. The average Bonchev–Trinajstić information content (AvgIpc) is 2.56. The van der Waals surface area contributed by atoms with Crippen molar-refractivity contribution in [3.63, 3.8) is 0 Å². The molecule has 2 N–H and O–H groups in total. The molecular weight excluding hydrogens is 288 g/mol. The van der Waals surface area contributed by atoms with Gasteiger partial charge in [-0.2, -0.15) is 0 Å². The van der Waals surface area contributed by atoms with Crippen LogP contribution in [0.1, 0.15) is 5.56 Å². The largest absolute Gasteiger partial charge is 0.399 e. The lowest BCUT2D eigenvalue weighted by Crippen LogP contribution is -1.93. The van der Waals surface area contributed by atoms with Crippen LogP contribution < -0.4 is 5.73 Å². The average molecular weight is 304 g/mol. The van der Waals surface area contributed by atoms with Crippen LogP contribution in [-0.2, 0) is 0 Å². The molecule has 0 heterocycles. The second kappa shape index (κ2) is 5.93. The van der Waals surface area contributed by atoms with Crippen molar-refractivity contribution in [1.29, 1.82) is 0 Å². The zero-order chi connectivity index (χ0) is 16.4. The molecule has 0 fully saturated rings. The van der Waals surface area contributed by atoms with Crippen LogP contribution in [0.2, 0.25) is 0 Å². The van der Waals surface area contributed by atoms with Crippen molar-refractivity contribution in [2.75, 3.05) is 5.73 Å². The van der Waals surface area contributed by atoms with Gasteiger partial charge in [0.1, 0.15) is 0 Å². The number of benzene rings is 3. The van der Waals surface area contributed by atoms with E-state index in [0.29, 0.717) is 11.3 Å². The number of nitrogens with zero attached hydrogens (tertiary/aromatic N) is 1. The van der Waals surface area contributed by atoms with Crippen molar-refractivity contribution in [2.24, 2.45) is 0 Å². The highest BCUT2D eigenvalue weighted by molar-refractivity contribution is 5.79. The van der Waals surface area contributed by atoms with Gasteiger partial charge in [0, 0.05) is 11.8 Å². The van der Waals surface area contributed by atoms with E-state index >= 15 is 0 Å². The number of aryl methyl sites for hydroxylation is 1. The van der Waals surface area contributed by atoms with Crippen LogP contribution in [0.5, 0.6) is 0 Å². The Balaban J connectivity index is 2.10. The maximum atomic E-state index is 11.5. The van der Waals surface area contributed by atoms with Gasteiger partial charge in [-0.3, -0.25) is 10.1 Å². The Kier molecular flexibility index (Phi) is 3.81. The van der Waals surface area contributed by atoms with Crippen molar-refractivity contribution >= 4 is 11.4 Å². The van der Waals surface area contributed by atoms with Crippen LogP contribution in [0.4, 0.5) is 11.4 Å². The summed E-state index contributed by atoms with van der Waals surface area (Å²) in [5, 5.41) is 11.5. The zero-order valence-corrected chi connectivity index (χ0v) is 12.7. The van der Waals surface area contributed by atoms with E-state index < -0.39 is 0 Å². The number of anilines is 1. The number of nitrogen functional groups attached to an aromatic ring is 1. The fourth-order valence-corrected chi connectivity index (χ4v) is 2.52. The molecule has 0 aliphatic rings. The molecule has 0 saturated carbocycles. The van der Waals surface area contributed by atoms with Crippen LogP contribution in [0.25, 0.3) is 22.3 Å². The first-order valence-electron chi connectivity index (χ1n) is 7.26. The van der Waals surface area contributed by atoms with Crippen molar-refractivity contribution in [2.45, 2.75) is 6.92 Å². The van der Waals surface area contributed by atoms with Crippen molar-refractivity contribution in [3.05, 3.63) is 82.4 Å². The molecule has 4 heteroatoms. The Morgan fingerprint density at radius 3 is 2.00 bits per heavy atom. The first-order chi connectivity index (χ1) is 11.0. The van der Waals surface area contributed by atoms with Gasteiger partial charge < -0.3 is 5.73 Å². The molecular formula is C19H16N2O2. The summed E-state index contributed by atoms with van der Waals surface area (Å²) in [7, 11) is 0. The van der Waals surface area contributed by atoms with Crippen LogP contribution in [0.15, 0.2) is 66.7 Å². The van der Waals surface area contributed by atoms with Crippen LogP contribution >= 0.6 is 0 Å².